The molecule has 2 rings (SSSR count). The summed E-state index contributed by atoms with van der Waals surface area (Å²) in [6.07, 6.45) is 3.06. The highest BCUT2D eigenvalue weighted by molar-refractivity contribution is 5.66. The van der Waals surface area contributed by atoms with E-state index < -0.39 is 5.97 Å². The average molecular weight is 276 g/mol. The van der Waals surface area contributed by atoms with E-state index in [2.05, 4.69) is 29.8 Å². The molecule has 1 aliphatic heterocycles. The van der Waals surface area contributed by atoms with Crippen LogP contribution < -0.4 is 0 Å². The minimum atomic E-state index is -0.763. The number of carboxylic acid groups (broad SMARTS) is 1. The quantitative estimate of drug-likeness (QED) is 0.898. The lowest BCUT2D eigenvalue weighted by molar-refractivity contribution is -0.136. The van der Waals surface area contributed by atoms with Gasteiger partial charge in [-0.1, -0.05) is 6.07 Å². The standard InChI is InChI=1S/C16H24N2O2/c1-12(2)18-10-4-5-13(11-18)15-7-3-6-14(17-15)8-9-16(19)20/h3,6-7,12-13H,4-5,8-11H2,1-2H3,(H,19,20)/t13-/m0/s1. The van der Waals surface area contributed by atoms with Crippen LogP contribution in [0.2, 0.25) is 0 Å². The van der Waals surface area contributed by atoms with E-state index in [-0.39, 0.29) is 6.42 Å². The lowest BCUT2D eigenvalue weighted by Crippen LogP contribution is -2.39. The third kappa shape index (κ3) is 4.04. The fourth-order valence-electron chi connectivity index (χ4n) is 2.82. The molecular formula is C16H24N2O2. The summed E-state index contributed by atoms with van der Waals surface area (Å²) in [7, 11) is 0. The van der Waals surface area contributed by atoms with Gasteiger partial charge in [-0.3, -0.25) is 9.78 Å². The summed E-state index contributed by atoms with van der Waals surface area (Å²) in [6, 6.07) is 6.59. The van der Waals surface area contributed by atoms with Crippen molar-refractivity contribution in [1.82, 2.24) is 9.88 Å². The van der Waals surface area contributed by atoms with Crippen LogP contribution in [-0.4, -0.2) is 40.1 Å². The maximum atomic E-state index is 10.6. The number of likely N-dealkylation sites (tertiary alicyclic amines) is 1. The van der Waals surface area contributed by atoms with Gasteiger partial charge in [0.15, 0.2) is 0 Å². The van der Waals surface area contributed by atoms with Crippen LogP contribution in [0.4, 0.5) is 0 Å². The van der Waals surface area contributed by atoms with Gasteiger partial charge in [-0.05, 0) is 45.4 Å². The van der Waals surface area contributed by atoms with E-state index in [9.17, 15) is 4.79 Å². The fraction of sp³-hybridized carbons (Fsp3) is 0.625. The molecule has 4 nitrogen and oxygen atoms in total. The third-order valence-electron chi connectivity index (χ3n) is 4.02. The molecular weight excluding hydrogens is 252 g/mol. The second-order valence-corrected chi connectivity index (χ2v) is 5.88. The van der Waals surface area contributed by atoms with Gasteiger partial charge in [0.2, 0.25) is 0 Å². The lowest BCUT2D eigenvalue weighted by Gasteiger charge is -2.35. The summed E-state index contributed by atoms with van der Waals surface area (Å²) in [4.78, 5) is 17.8. The van der Waals surface area contributed by atoms with Gasteiger partial charge in [-0.25, -0.2) is 0 Å². The molecule has 1 saturated heterocycles. The number of aliphatic carboxylic acids is 1. The Morgan fingerprint density at radius 3 is 3.00 bits per heavy atom. The van der Waals surface area contributed by atoms with Gasteiger partial charge in [0.25, 0.3) is 0 Å². The van der Waals surface area contributed by atoms with E-state index in [1.807, 2.05) is 12.1 Å². The fourth-order valence-corrected chi connectivity index (χ4v) is 2.82. The topological polar surface area (TPSA) is 53.4 Å². The van der Waals surface area contributed by atoms with Crippen LogP contribution in [0, 0.1) is 0 Å². The van der Waals surface area contributed by atoms with Gasteiger partial charge in [0.05, 0.1) is 6.42 Å². The highest BCUT2D eigenvalue weighted by atomic mass is 16.4. The molecule has 4 heteroatoms. The van der Waals surface area contributed by atoms with Crippen molar-refractivity contribution in [3.8, 4) is 0 Å². The molecule has 1 aromatic heterocycles. The maximum Gasteiger partial charge on any atom is 0.303 e. The Hall–Kier alpha value is -1.42. The summed E-state index contributed by atoms with van der Waals surface area (Å²) in [5.41, 5.74) is 2.02. The van der Waals surface area contributed by atoms with E-state index in [1.165, 1.54) is 19.4 Å². The Bertz CT molecular complexity index is 460. The molecule has 110 valence electrons. The van der Waals surface area contributed by atoms with E-state index in [0.29, 0.717) is 18.4 Å². The Morgan fingerprint density at radius 2 is 2.30 bits per heavy atom. The zero-order valence-corrected chi connectivity index (χ0v) is 12.4. The summed E-state index contributed by atoms with van der Waals surface area (Å²) in [5.74, 6) is -0.281. The predicted octanol–water partition coefficient (Wildman–Crippen LogP) is 2.69. The molecule has 0 saturated carbocycles. The molecule has 1 atom stereocenters. The molecule has 20 heavy (non-hydrogen) atoms. The second-order valence-electron chi connectivity index (χ2n) is 5.88. The zero-order chi connectivity index (χ0) is 14.5. The van der Waals surface area contributed by atoms with Crippen molar-refractivity contribution in [3.63, 3.8) is 0 Å². The van der Waals surface area contributed by atoms with E-state index in [1.54, 1.807) is 0 Å². The van der Waals surface area contributed by atoms with Crippen molar-refractivity contribution in [3.05, 3.63) is 29.6 Å². The van der Waals surface area contributed by atoms with Crippen LogP contribution in [0.1, 0.15) is 50.4 Å². The minimum absolute atomic E-state index is 0.152. The Kier molecular flexibility index (Phi) is 5.12. The molecule has 0 radical (unpaired) electrons. The summed E-state index contributed by atoms with van der Waals surface area (Å²) < 4.78 is 0. The number of hydrogen-bond donors (Lipinski definition) is 1. The zero-order valence-electron chi connectivity index (χ0n) is 12.4. The van der Waals surface area contributed by atoms with E-state index in [4.69, 9.17) is 5.11 Å². The number of carboxylic acids is 1. The Morgan fingerprint density at radius 1 is 1.50 bits per heavy atom. The first-order valence-electron chi connectivity index (χ1n) is 7.48. The molecule has 0 bridgehead atoms. The van der Waals surface area contributed by atoms with Gasteiger partial charge in [0.1, 0.15) is 0 Å². The number of pyridine rings is 1. The van der Waals surface area contributed by atoms with Crippen molar-refractivity contribution in [2.75, 3.05) is 13.1 Å². The Labute approximate surface area is 120 Å². The van der Waals surface area contributed by atoms with Crippen molar-refractivity contribution in [2.24, 2.45) is 0 Å². The second kappa shape index (κ2) is 6.84. The minimum Gasteiger partial charge on any atom is -0.481 e. The largest absolute Gasteiger partial charge is 0.481 e. The van der Waals surface area contributed by atoms with Crippen LogP contribution in [0.5, 0.6) is 0 Å². The first-order valence-corrected chi connectivity index (χ1v) is 7.48. The van der Waals surface area contributed by atoms with E-state index >= 15 is 0 Å². The van der Waals surface area contributed by atoms with Crippen LogP contribution in [0.15, 0.2) is 18.2 Å². The van der Waals surface area contributed by atoms with Crippen molar-refractivity contribution < 1.29 is 9.90 Å². The Balaban J connectivity index is 2.04. The molecule has 1 aromatic rings. The van der Waals surface area contributed by atoms with Gasteiger partial charge < -0.3 is 10.0 Å². The smallest absolute Gasteiger partial charge is 0.303 e. The van der Waals surface area contributed by atoms with Crippen molar-refractivity contribution >= 4 is 5.97 Å². The molecule has 1 fully saturated rings. The highest BCUT2D eigenvalue weighted by Crippen LogP contribution is 2.26. The molecule has 0 unspecified atom stereocenters. The average Bonchev–Trinajstić information content (AvgIpc) is 2.45. The summed E-state index contributed by atoms with van der Waals surface area (Å²) in [6.45, 7) is 6.71. The van der Waals surface area contributed by atoms with Gasteiger partial charge in [-0.15, -0.1) is 0 Å². The summed E-state index contributed by atoms with van der Waals surface area (Å²) in [5, 5.41) is 8.75. The van der Waals surface area contributed by atoms with E-state index in [0.717, 1.165) is 17.9 Å². The number of piperidine rings is 1. The van der Waals surface area contributed by atoms with Gasteiger partial charge in [-0.2, -0.15) is 0 Å². The van der Waals surface area contributed by atoms with Crippen LogP contribution in [0.25, 0.3) is 0 Å². The molecule has 0 aliphatic carbocycles. The first kappa shape index (κ1) is 15.0. The predicted molar refractivity (Wildman–Crippen MR) is 78.9 cm³/mol. The highest BCUT2D eigenvalue weighted by Gasteiger charge is 2.23. The monoisotopic (exact) mass is 276 g/mol. The third-order valence-corrected chi connectivity index (χ3v) is 4.02. The van der Waals surface area contributed by atoms with Crippen LogP contribution in [0.3, 0.4) is 0 Å². The molecule has 2 heterocycles. The molecule has 1 aliphatic rings. The molecule has 0 spiro atoms. The number of carbonyl (C=O) groups is 1. The first-order chi connectivity index (χ1) is 9.56. The molecule has 0 aromatic carbocycles. The summed E-state index contributed by atoms with van der Waals surface area (Å²) >= 11 is 0. The van der Waals surface area contributed by atoms with Gasteiger partial charge in [0, 0.05) is 36.3 Å². The van der Waals surface area contributed by atoms with Crippen molar-refractivity contribution in [2.45, 2.75) is 51.5 Å². The molecule has 0 amide bonds. The van der Waals surface area contributed by atoms with Crippen LogP contribution in [-0.2, 0) is 11.2 Å². The maximum absolute atomic E-state index is 10.6. The SMILES string of the molecule is CC(C)N1CCC[C@H](c2cccc(CCC(=O)O)n2)C1. The number of aromatic nitrogens is 1. The van der Waals surface area contributed by atoms with Crippen LogP contribution >= 0.6 is 0 Å². The lowest BCUT2D eigenvalue weighted by atomic mass is 9.93. The number of hydrogen-bond acceptors (Lipinski definition) is 3. The number of nitrogens with zero attached hydrogens (tertiary/aromatic N) is 2. The number of rotatable bonds is 5. The number of aryl methyl sites for hydroxylation is 1. The van der Waals surface area contributed by atoms with Crippen molar-refractivity contribution in [1.29, 1.82) is 0 Å². The van der Waals surface area contributed by atoms with Gasteiger partial charge >= 0.3 is 5.97 Å². The normalized spacial score (nSPS) is 20.2. The molecule has 1 N–H and O–H groups in total.